The van der Waals surface area contributed by atoms with Gasteiger partial charge in [0.2, 0.25) is 0 Å². The minimum absolute atomic E-state index is 0.0729. The van der Waals surface area contributed by atoms with Crippen LogP contribution in [0.5, 0.6) is 0 Å². The first kappa shape index (κ1) is 11.9. The lowest BCUT2D eigenvalue weighted by Gasteiger charge is -2.06. The van der Waals surface area contributed by atoms with E-state index in [2.05, 4.69) is 23.1 Å². The molecule has 0 aliphatic heterocycles. The molecule has 0 radical (unpaired) electrons. The van der Waals surface area contributed by atoms with Gasteiger partial charge in [-0.3, -0.25) is 25.8 Å². The van der Waals surface area contributed by atoms with Gasteiger partial charge >= 0.3 is 0 Å². The van der Waals surface area contributed by atoms with E-state index in [1.165, 1.54) is 24.3 Å². The molecule has 8 heteroatoms. The van der Waals surface area contributed by atoms with Crippen LogP contribution in [-0.4, -0.2) is 15.9 Å². The van der Waals surface area contributed by atoms with Crippen LogP contribution in [0.4, 0.5) is 5.69 Å². The molecular weight excluding hydrogens is 232 g/mol. The average Bonchev–Trinajstić information content (AvgIpc) is 2.25. The molecule has 1 amide bonds. The van der Waals surface area contributed by atoms with Gasteiger partial charge in [0.1, 0.15) is 5.56 Å². The number of hydrazine groups is 1. The summed E-state index contributed by atoms with van der Waals surface area (Å²) in [5.74, 6) is -0.680. The molecule has 0 aromatic heterocycles. The van der Waals surface area contributed by atoms with Crippen LogP contribution >= 0.6 is 12.2 Å². The first-order valence-electron chi connectivity index (χ1n) is 4.11. The molecule has 0 bridgehead atoms. The number of carbonyl (C=O) groups is 1. The number of thiocarbonyl (C=S) groups is 1. The molecule has 16 heavy (non-hydrogen) atoms. The summed E-state index contributed by atoms with van der Waals surface area (Å²) in [5.41, 5.74) is 9.06. The van der Waals surface area contributed by atoms with Gasteiger partial charge in [-0.1, -0.05) is 12.1 Å². The van der Waals surface area contributed by atoms with Crippen LogP contribution < -0.4 is 16.6 Å². The van der Waals surface area contributed by atoms with Crippen molar-refractivity contribution < 1.29 is 9.72 Å². The van der Waals surface area contributed by atoms with Gasteiger partial charge in [0, 0.05) is 6.07 Å². The second-order valence-corrected chi connectivity index (χ2v) is 3.16. The number of nitro groups is 1. The Kier molecular flexibility index (Phi) is 3.72. The van der Waals surface area contributed by atoms with Gasteiger partial charge in [-0.2, -0.15) is 0 Å². The van der Waals surface area contributed by atoms with Gasteiger partial charge in [-0.15, -0.1) is 0 Å². The molecule has 0 saturated heterocycles. The van der Waals surface area contributed by atoms with Gasteiger partial charge in [-0.05, 0) is 18.3 Å². The van der Waals surface area contributed by atoms with E-state index < -0.39 is 10.8 Å². The van der Waals surface area contributed by atoms with Crippen LogP contribution in [0, 0.1) is 10.1 Å². The van der Waals surface area contributed by atoms with Crippen molar-refractivity contribution in [3.05, 3.63) is 39.9 Å². The summed E-state index contributed by atoms with van der Waals surface area (Å²) in [4.78, 5) is 21.5. The highest BCUT2D eigenvalue weighted by molar-refractivity contribution is 7.80. The Bertz CT molecular complexity index is 449. The SMILES string of the molecule is NC(=S)NNC(=O)c1ccccc1[N+](=O)[O-]. The quantitative estimate of drug-likeness (QED) is 0.383. The molecule has 0 aliphatic rings. The Morgan fingerprint density at radius 1 is 1.38 bits per heavy atom. The third kappa shape index (κ3) is 2.89. The van der Waals surface area contributed by atoms with E-state index in [-0.39, 0.29) is 16.4 Å². The van der Waals surface area contributed by atoms with Gasteiger partial charge in [0.15, 0.2) is 5.11 Å². The number of nitro benzene ring substituents is 1. The highest BCUT2D eigenvalue weighted by atomic mass is 32.1. The van der Waals surface area contributed by atoms with Crippen LogP contribution in [0.25, 0.3) is 0 Å². The van der Waals surface area contributed by atoms with Gasteiger partial charge in [0.05, 0.1) is 4.92 Å². The third-order valence-corrected chi connectivity index (χ3v) is 1.75. The van der Waals surface area contributed by atoms with Crippen LogP contribution in [0.1, 0.15) is 10.4 Å². The fraction of sp³-hybridized carbons (Fsp3) is 0. The molecule has 1 rings (SSSR count). The van der Waals surface area contributed by atoms with E-state index in [0.717, 1.165) is 0 Å². The molecule has 0 fully saturated rings. The molecule has 1 aromatic carbocycles. The maximum Gasteiger partial charge on any atom is 0.282 e. The summed E-state index contributed by atoms with van der Waals surface area (Å²) in [5, 5.41) is 10.5. The Hall–Kier alpha value is -2.22. The summed E-state index contributed by atoms with van der Waals surface area (Å²) < 4.78 is 0. The van der Waals surface area contributed by atoms with Crippen molar-refractivity contribution in [1.29, 1.82) is 0 Å². The van der Waals surface area contributed by atoms with E-state index in [0.29, 0.717) is 0 Å². The fourth-order valence-electron chi connectivity index (χ4n) is 1.01. The van der Waals surface area contributed by atoms with Crippen LogP contribution in [-0.2, 0) is 0 Å². The molecule has 0 unspecified atom stereocenters. The maximum atomic E-state index is 11.5. The molecule has 0 saturated carbocycles. The number of amides is 1. The molecule has 4 N–H and O–H groups in total. The minimum Gasteiger partial charge on any atom is -0.375 e. The zero-order valence-corrected chi connectivity index (χ0v) is 8.78. The van der Waals surface area contributed by atoms with Gasteiger partial charge < -0.3 is 5.73 Å². The van der Waals surface area contributed by atoms with Gasteiger partial charge in [0.25, 0.3) is 11.6 Å². The molecular formula is C8H8N4O3S. The predicted octanol–water partition coefficient (Wildman–Crippen LogP) is 0.0728. The zero-order valence-electron chi connectivity index (χ0n) is 7.97. The van der Waals surface area contributed by atoms with E-state index in [1.54, 1.807) is 0 Å². The summed E-state index contributed by atoms with van der Waals surface area (Å²) in [6.07, 6.45) is 0. The second-order valence-electron chi connectivity index (χ2n) is 2.72. The van der Waals surface area contributed by atoms with Crippen molar-refractivity contribution >= 4 is 28.9 Å². The highest BCUT2D eigenvalue weighted by Crippen LogP contribution is 2.16. The molecule has 0 heterocycles. The maximum absolute atomic E-state index is 11.5. The van der Waals surface area contributed by atoms with Crippen molar-refractivity contribution in [3.63, 3.8) is 0 Å². The van der Waals surface area contributed by atoms with Crippen LogP contribution in [0.2, 0.25) is 0 Å². The normalized spacial score (nSPS) is 9.25. The minimum atomic E-state index is -0.680. The first-order chi connectivity index (χ1) is 7.52. The monoisotopic (exact) mass is 240 g/mol. The van der Waals surface area contributed by atoms with Crippen molar-refractivity contribution in [2.45, 2.75) is 0 Å². The third-order valence-electron chi connectivity index (χ3n) is 1.64. The largest absolute Gasteiger partial charge is 0.375 e. The highest BCUT2D eigenvalue weighted by Gasteiger charge is 2.18. The number of nitrogens with two attached hydrogens (primary N) is 1. The molecule has 7 nitrogen and oxygen atoms in total. The number of para-hydroxylation sites is 1. The van der Waals surface area contributed by atoms with Crippen LogP contribution in [0.15, 0.2) is 24.3 Å². The first-order valence-corrected chi connectivity index (χ1v) is 4.52. The van der Waals surface area contributed by atoms with Crippen molar-refractivity contribution in [2.75, 3.05) is 0 Å². The van der Waals surface area contributed by atoms with Crippen LogP contribution in [0.3, 0.4) is 0 Å². The summed E-state index contributed by atoms with van der Waals surface area (Å²) in [7, 11) is 0. The number of carbonyl (C=O) groups excluding carboxylic acids is 1. The number of rotatable bonds is 2. The van der Waals surface area contributed by atoms with E-state index in [4.69, 9.17) is 5.73 Å². The van der Waals surface area contributed by atoms with E-state index >= 15 is 0 Å². The molecule has 0 spiro atoms. The number of nitrogens with one attached hydrogen (secondary N) is 2. The van der Waals surface area contributed by atoms with Gasteiger partial charge in [-0.25, -0.2) is 0 Å². The summed E-state index contributed by atoms with van der Waals surface area (Å²) in [6, 6.07) is 5.54. The average molecular weight is 240 g/mol. The number of nitrogens with zero attached hydrogens (tertiary/aromatic N) is 1. The summed E-state index contributed by atoms with van der Waals surface area (Å²) >= 11 is 4.47. The topological polar surface area (TPSA) is 110 Å². The lowest BCUT2D eigenvalue weighted by atomic mass is 10.2. The molecule has 0 atom stereocenters. The Morgan fingerprint density at radius 3 is 2.56 bits per heavy atom. The van der Waals surface area contributed by atoms with E-state index in [1.807, 2.05) is 0 Å². The zero-order chi connectivity index (χ0) is 12.1. The second kappa shape index (κ2) is 5.03. The van der Waals surface area contributed by atoms with E-state index in [9.17, 15) is 14.9 Å². The summed E-state index contributed by atoms with van der Waals surface area (Å²) in [6.45, 7) is 0. The standard InChI is InChI=1S/C8H8N4O3S/c9-8(16)11-10-7(13)5-3-1-2-4-6(5)12(14)15/h1-4H,(H,10,13)(H3,9,11,16). The Balaban J connectivity index is 2.90. The Labute approximate surface area is 95.7 Å². The smallest absolute Gasteiger partial charge is 0.282 e. The van der Waals surface area contributed by atoms with Crippen molar-refractivity contribution in [2.24, 2.45) is 5.73 Å². The molecule has 0 aliphatic carbocycles. The number of hydrogen-bond acceptors (Lipinski definition) is 4. The lowest BCUT2D eigenvalue weighted by Crippen LogP contribution is -2.44. The molecule has 1 aromatic rings. The number of benzene rings is 1. The lowest BCUT2D eigenvalue weighted by molar-refractivity contribution is -0.385. The number of hydrogen-bond donors (Lipinski definition) is 3. The molecule has 84 valence electrons. The fourth-order valence-corrected chi connectivity index (χ4v) is 1.06. The Morgan fingerprint density at radius 2 is 2.00 bits per heavy atom. The van der Waals surface area contributed by atoms with Crippen molar-refractivity contribution in [3.8, 4) is 0 Å². The predicted molar refractivity (Wildman–Crippen MR) is 60.5 cm³/mol. The van der Waals surface area contributed by atoms with Crippen molar-refractivity contribution in [1.82, 2.24) is 10.9 Å².